The molecule has 1 aliphatic rings. The van der Waals surface area contributed by atoms with Gasteiger partial charge in [-0.2, -0.15) is 0 Å². The van der Waals surface area contributed by atoms with Crippen LogP contribution >= 0.6 is 0 Å². The molecule has 1 aromatic rings. The molecule has 1 unspecified atom stereocenters. The maximum Gasteiger partial charge on any atom is 0.250 e. The molecule has 1 saturated carbocycles. The quantitative estimate of drug-likeness (QED) is 0.817. The van der Waals surface area contributed by atoms with Crippen molar-refractivity contribution in [3.8, 4) is 0 Å². The van der Waals surface area contributed by atoms with Crippen molar-refractivity contribution in [3.05, 3.63) is 28.7 Å². The molecule has 0 amide bonds. The predicted molar refractivity (Wildman–Crippen MR) is 62.1 cm³/mol. The summed E-state index contributed by atoms with van der Waals surface area (Å²) < 4.78 is 1.60. The van der Waals surface area contributed by atoms with Crippen molar-refractivity contribution in [3.63, 3.8) is 0 Å². The summed E-state index contributed by atoms with van der Waals surface area (Å²) in [5.74, 6) is 0.931. The van der Waals surface area contributed by atoms with Crippen LogP contribution in [0.5, 0.6) is 0 Å². The molecule has 0 radical (unpaired) electrons. The first-order valence-corrected chi connectivity index (χ1v) is 5.58. The largest absolute Gasteiger partial charge is 0.381 e. The second-order valence-corrected chi connectivity index (χ2v) is 4.59. The molecule has 0 spiro atoms. The van der Waals surface area contributed by atoms with E-state index in [1.165, 1.54) is 19.3 Å². The minimum absolute atomic E-state index is 0.0374. The molecule has 1 aliphatic carbocycles. The Balaban J connectivity index is 1.96. The molecule has 0 saturated heterocycles. The zero-order chi connectivity index (χ0) is 10.8. The fourth-order valence-electron chi connectivity index (χ4n) is 1.88. The zero-order valence-corrected chi connectivity index (χ0v) is 9.36. The fraction of sp³-hybridized carbons (Fsp3) is 0.583. The molecule has 1 fully saturated rings. The summed E-state index contributed by atoms with van der Waals surface area (Å²) in [5.41, 5.74) is 1.07. The smallest absolute Gasteiger partial charge is 0.250 e. The first kappa shape index (κ1) is 10.3. The lowest BCUT2D eigenvalue weighted by Crippen LogP contribution is -2.19. The van der Waals surface area contributed by atoms with Gasteiger partial charge in [0.2, 0.25) is 5.56 Å². The molecule has 1 N–H and O–H groups in total. The lowest BCUT2D eigenvalue weighted by Gasteiger charge is -2.15. The lowest BCUT2D eigenvalue weighted by molar-refractivity contribution is 0.641. The molecule has 0 aliphatic heterocycles. The van der Waals surface area contributed by atoms with Crippen LogP contribution in [0.1, 0.15) is 26.2 Å². The SMILES string of the molecule is CC(CC1CC1)Nc1ccc(=O)n(C)c1. The van der Waals surface area contributed by atoms with Gasteiger partial charge in [-0.05, 0) is 25.3 Å². The summed E-state index contributed by atoms with van der Waals surface area (Å²) in [5, 5.41) is 3.42. The summed E-state index contributed by atoms with van der Waals surface area (Å²) in [4.78, 5) is 11.2. The van der Waals surface area contributed by atoms with E-state index in [9.17, 15) is 4.79 Å². The van der Waals surface area contributed by atoms with Gasteiger partial charge in [0.1, 0.15) is 0 Å². The molecular weight excluding hydrogens is 188 g/mol. The van der Waals surface area contributed by atoms with Gasteiger partial charge in [-0.25, -0.2) is 0 Å². The maximum absolute atomic E-state index is 11.2. The van der Waals surface area contributed by atoms with Crippen molar-refractivity contribution in [2.75, 3.05) is 5.32 Å². The maximum atomic E-state index is 11.2. The summed E-state index contributed by atoms with van der Waals surface area (Å²) in [6.07, 6.45) is 5.87. The van der Waals surface area contributed by atoms with Crippen molar-refractivity contribution in [2.24, 2.45) is 13.0 Å². The van der Waals surface area contributed by atoms with E-state index in [4.69, 9.17) is 0 Å². The molecule has 3 nitrogen and oxygen atoms in total. The third-order valence-corrected chi connectivity index (χ3v) is 2.88. The Morgan fingerprint density at radius 1 is 1.53 bits per heavy atom. The number of nitrogens with zero attached hydrogens (tertiary/aromatic N) is 1. The third kappa shape index (κ3) is 2.85. The van der Waals surface area contributed by atoms with Gasteiger partial charge in [0.25, 0.3) is 0 Å². The highest BCUT2D eigenvalue weighted by molar-refractivity contribution is 5.41. The molecule has 0 aromatic carbocycles. The van der Waals surface area contributed by atoms with Gasteiger partial charge in [-0.1, -0.05) is 12.8 Å². The monoisotopic (exact) mass is 206 g/mol. The van der Waals surface area contributed by atoms with Crippen LogP contribution in [0.2, 0.25) is 0 Å². The van der Waals surface area contributed by atoms with Crippen LogP contribution in [-0.2, 0) is 7.05 Å². The van der Waals surface area contributed by atoms with Crippen molar-refractivity contribution in [1.29, 1.82) is 0 Å². The molecule has 15 heavy (non-hydrogen) atoms. The van der Waals surface area contributed by atoms with E-state index in [0.29, 0.717) is 6.04 Å². The summed E-state index contributed by atoms with van der Waals surface area (Å²) in [7, 11) is 1.78. The van der Waals surface area contributed by atoms with E-state index in [2.05, 4.69) is 12.2 Å². The molecule has 2 rings (SSSR count). The highest BCUT2D eigenvalue weighted by Gasteiger charge is 2.23. The zero-order valence-electron chi connectivity index (χ0n) is 9.36. The van der Waals surface area contributed by atoms with Crippen LogP contribution in [0.4, 0.5) is 5.69 Å². The number of anilines is 1. The number of aryl methyl sites for hydroxylation is 1. The highest BCUT2D eigenvalue weighted by atomic mass is 16.1. The fourth-order valence-corrected chi connectivity index (χ4v) is 1.88. The Morgan fingerprint density at radius 2 is 2.27 bits per heavy atom. The Morgan fingerprint density at radius 3 is 2.87 bits per heavy atom. The number of aromatic nitrogens is 1. The normalized spacial score (nSPS) is 17.5. The summed E-state index contributed by atoms with van der Waals surface area (Å²) in [6.45, 7) is 2.20. The molecule has 1 heterocycles. The average Bonchev–Trinajstić information content (AvgIpc) is 2.95. The molecule has 3 heteroatoms. The second-order valence-electron chi connectivity index (χ2n) is 4.59. The van der Waals surface area contributed by atoms with Crippen LogP contribution in [0, 0.1) is 5.92 Å². The van der Waals surface area contributed by atoms with E-state index in [-0.39, 0.29) is 5.56 Å². The van der Waals surface area contributed by atoms with Gasteiger partial charge in [-0.15, -0.1) is 0 Å². The van der Waals surface area contributed by atoms with Crippen molar-refractivity contribution < 1.29 is 0 Å². The molecule has 1 aromatic heterocycles. The van der Waals surface area contributed by atoms with Crippen molar-refractivity contribution in [1.82, 2.24) is 4.57 Å². The van der Waals surface area contributed by atoms with Gasteiger partial charge < -0.3 is 9.88 Å². The second kappa shape index (κ2) is 4.09. The number of hydrogen-bond acceptors (Lipinski definition) is 2. The minimum Gasteiger partial charge on any atom is -0.381 e. The van der Waals surface area contributed by atoms with Gasteiger partial charge in [0, 0.05) is 25.4 Å². The topological polar surface area (TPSA) is 34.0 Å². The summed E-state index contributed by atoms with van der Waals surface area (Å²) in [6, 6.07) is 3.95. The third-order valence-electron chi connectivity index (χ3n) is 2.88. The molecule has 0 bridgehead atoms. The molecule has 82 valence electrons. The van der Waals surface area contributed by atoms with E-state index >= 15 is 0 Å². The van der Waals surface area contributed by atoms with Crippen LogP contribution in [0.3, 0.4) is 0 Å². The van der Waals surface area contributed by atoms with Crippen molar-refractivity contribution >= 4 is 5.69 Å². The van der Waals surface area contributed by atoms with Gasteiger partial charge >= 0.3 is 0 Å². The Labute approximate surface area is 90.1 Å². The van der Waals surface area contributed by atoms with Crippen LogP contribution in [0.25, 0.3) is 0 Å². The van der Waals surface area contributed by atoms with E-state index in [1.807, 2.05) is 12.3 Å². The van der Waals surface area contributed by atoms with Gasteiger partial charge in [0.05, 0.1) is 5.69 Å². The number of rotatable bonds is 4. The highest BCUT2D eigenvalue weighted by Crippen LogP contribution is 2.33. The Kier molecular flexibility index (Phi) is 2.80. The molecule has 1 atom stereocenters. The first-order valence-electron chi connectivity index (χ1n) is 5.58. The van der Waals surface area contributed by atoms with Gasteiger partial charge in [-0.3, -0.25) is 4.79 Å². The Bertz CT molecular complexity index is 393. The van der Waals surface area contributed by atoms with Crippen molar-refractivity contribution in [2.45, 2.75) is 32.2 Å². The number of nitrogens with one attached hydrogen (secondary N) is 1. The van der Waals surface area contributed by atoms with Crippen LogP contribution < -0.4 is 10.9 Å². The summed E-state index contributed by atoms with van der Waals surface area (Å²) >= 11 is 0. The first-order chi connectivity index (χ1) is 7.15. The van der Waals surface area contributed by atoms with Crippen LogP contribution in [0.15, 0.2) is 23.1 Å². The lowest BCUT2D eigenvalue weighted by atomic mass is 10.1. The van der Waals surface area contributed by atoms with E-state index in [0.717, 1.165) is 11.6 Å². The Hall–Kier alpha value is -1.25. The number of pyridine rings is 1. The standard InChI is InChI=1S/C12H18N2O/c1-9(7-10-3-4-10)13-11-5-6-12(15)14(2)8-11/h5-6,8-10,13H,3-4,7H2,1-2H3. The minimum atomic E-state index is 0.0374. The molecular formula is C12H18N2O. The number of hydrogen-bond donors (Lipinski definition) is 1. The average molecular weight is 206 g/mol. The predicted octanol–water partition coefficient (Wildman–Crippen LogP) is 1.99. The van der Waals surface area contributed by atoms with E-state index in [1.54, 1.807) is 17.7 Å². The van der Waals surface area contributed by atoms with E-state index < -0.39 is 0 Å². The van der Waals surface area contributed by atoms with Crippen LogP contribution in [-0.4, -0.2) is 10.6 Å². The van der Waals surface area contributed by atoms with Gasteiger partial charge in [0.15, 0.2) is 0 Å².